The molecule has 0 saturated heterocycles. The summed E-state index contributed by atoms with van der Waals surface area (Å²) < 4.78 is 5.48. The Morgan fingerprint density at radius 1 is 0.862 bits per heavy atom. The zero-order valence-corrected chi connectivity index (χ0v) is 16.1. The number of benzene rings is 3. The minimum atomic E-state index is -0.717. The second-order valence-corrected chi connectivity index (χ2v) is 7.05. The molecule has 0 heterocycles. The molecular formula is C24H22N2O3. The van der Waals surface area contributed by atoms with Gasteiger partial charge in [-0.1, -0.05) is 66.7 Å². The van der Waals surface area contributed by atoms with Crippen LogP contribution in [-0.2, 0) is 9.53 Å². The zero-order valence-electron chi connectivity index (χ0n) is 16.1. The van der Waals surface area contributed by atoms with E-state index in [4.69, 9.17) is 4.74 Å². The van der Waals surface area contributed by atoms with Crippen molar-refractivity contribution in [2.24, 2.45) is 0 Å². The summed E-state index contributed by atoms with van der Waals surface area (Å²) in [5.74, 6) is -0.314. The van der Waals surface area contributed by atoms with Crippen LogP contribution in [0.3, 0.4) is 0 Å². The molecule has 0 fully saturated rings. The van der Waals surface area contributed by atoms with E-state index in [9.17, 15) is 9.59 Å². The molecule has 3 aromatic rings. The van der Waals surface area contributed by atoms with Crippen LogP contribution in [0.1, 0.15) is 24.0 Å². The Balaban J connectivity index is 1.37. The summed E-state index contributed by atoms with van der Waals surface area (Å²) in [5, 5.41) is 5.36. The molecule has 1 aliphatic rings. The standard InChI is InChI=1S/C24H22N2O3/c1-16(23(27)26-17-9-3-2-4-10-17)25-24(28)29-15-22-20-13-7-5-11-18(20)19-12-6-8-14-21(19)22/h2-14,16,22H,15H2,1H3,(H,25,28)(H,26,27). The van der Waals surface area contributed by atoms with E-state index in [0.717, 1.165) is 11.1 Å². The SMILES string of the molecule is CC(NC(=O)OCC1c2ccccc2-c2ccccc21)C(=O)Nc1ccccc1. The number of amides is 2. The monoisotopic (exact) mass is 386 g/mol. The van der Waals surface area contributed by atoms with Crippen molar-refractivity contribution in [1.29, 1.82) is 0 Å². The van der Waals surface area contributed by atoms with Gasteiger partial charge in [-0.15, -0.1) is 0 Å². The van der Waals surface area contributed by atoms with E-state index >= 15 is 0 Å². The molecule has 0 aromatic heterocycles. The number of nitrogens with one attached hydrogen (secondary N) is 2. The first-order chi connectivity index (χ1) is 14.1. The van der Waals surface area contributed by atoms with Crippen molar-refractivity contribution in [2.45, 2.75) is 18.9 Å². The van der Waals surface area contributed by atoms with Gasteiger partial charge in [0.25, 0.3) is 0 Å². The average molecular weight is 386 g/mol. The van der Waals surface area contributed by atoms with Gasteiger partial charge in [-0.2, -0.15) is 0 Å². The Morgan fingerprint density at radius 3 is 2.03 bits per heavy atom. The Morgan fingerprint density at radius 2 is 1.41 bits per heavy atom. The van der Waals surface area contributed by atoms with Crippen LogP contribution in [0.15, 0.2) is 78.9 Å². The molecule has 0 bridgehead atoms. The molecule has 5 heteroatoms. The first kappa shape index (κ1) is 18.7. The number of rotatable bonds is 5. The van der Waals surface area contributed by atoms with Crippen LogP contribution in [-0.4, -0.2) is 24.6 Å². The second-order valence-electron chi connectivity index (χ2n) is 7.05. The molecule has 0 radical (unpaired) electrons. The van der Waals surface area contributed by atoms with E-state index in [1.165, 1.54) is 11.1 Å². The van der Waals surface area contributed by atoms with Crippen LogP contribution >= 0.6 is 0 Å². The Bertz CT molecular complexity index is 988. The second kappa shape index (κ2) is 8.19. The first-order valence-corrected chi connectivity index (χ1v) is 9.61. The molecular weight excluding hydrogens is 364 g/mol. The molecule has 0 spiro atoms. The highest BCUT2D eigenvalue weighted by molar-refractivity contribution is 5.96. The van der Waals surface area contributed by atoms with Crippen molar-refractivity contribution in [3.8, 4) is 11.1 Å². The Labute approximate surface area is 169 Å². The highest BCUT2D eigenvalue weighted by Gasteiger charge is 2.29. The lowest BCUT2D eigenvalue weighted by molar-refractivity contribution is -0.117. The van der Waals surface area contributed by atoms with Crippen LogP contribution < -0.4 is 10.6 Å². The average Bonchev–Trinajstić information content (AvgIpc) is 3.07. The van der Waals surface area contributed by atoms with Gasteiger partial charge < -0.3 is 15.4 Å². The van der Waals surface area contributed by atoms with Gasteiger partial charge >= 0.3 is 6.09 Å². The normalized spacial score (nSPS) is 13.1. The van der Waals surface area contributed by atoms with Gasteiger partial charge in [0.05, 0.1) is 0 Å². The van der Waals surface area contributed by atoms with E-state index in [-0.39, 0.29) is 18.4 Å². The molecule has 4 rings (SSSR count). The number of carbonyl (C=O) groups excluding carboxylic acids is 2. The van der Waals surface area contributed by atoms with E-state index < -0.39 is 12.1 Å². The molecule has 1 unspecified atom stereocenters. The number of hydrogen-bond acceptors (Lipinski definition) is 3. The van der Waals surface area contributed by atoms with E-state index in [2.05, 4.69) is 34.9 Å². The molecule has 0 aliphatic heterocycles. The fraction of sp³-hybridized carbons (Fsp3) is 0.167. The molecule has 1 aliphatic carbocycles. The molecule has 146 valence electrons. The number of ether oxygens (including phenoxy) is 1. The summed E-state index contributed by atoms with van der Waals surface area (Å²) in [4.78, 5) is 24.5. The topological polar surface area (TPSA) is 67.4 Å². The number of anilines is 1. The van der Waals surface area contributed by atoms with Crippen molar-refractivity contribution in [2.75, 3.05) is 11.9 Å². The van der Waals surface area contributed by atoms with Crippen LogP contribution in [0.5, 0.6) is 0 Å². The van der Waals surface area contributed by atoms with E-state index in [1.54, 1.807) is 19.1 Å². The van der Waals surface area contributed by atoms with E-state index in [0.29, 0.717) is 5.69 Å². The van der Waals surface area contributed by atoms with Crippen molar-refractivity contribution in [1.82, 2.24) is 5.32 Å². The lowest BCUT2D eigenvalue weighted by Crippen LogP contribution is -2.42. The number of fused-ring (bicyclic) bond motifs is 3. The van der Waals surface area contributed by atoms with Gasteiger partial charge in [-0.25, -0.2) is 4.79 Å². The fourth-order valence-corrected chi connectivity index (χ4v) is 3.65. The minimum absolute atomic E-state index is 0.0124. The third kappa shape index (κ3) is 3.99. The molecule has 1 atom stereocenters. The van der Waals surface area contributed by atoms with Crippen molar-refractivity contribution < 1.29 is 14.3 Å². The Hall–Kier alpha value is -3.60. The van der Waals surface area contributed by atoms with Crippen molar-refractivity contribution in [3.05, 3.63) is 90.0 Å². The van der Waals surface area contributed by atoms with Gasteiger partial charge in [0.1, 0.15) is 12.6 Å². The maximum absolute atomic E-state index is 12.3. The molecule has 29 heavy (non-hydrogen) atoms. The maximum Gasteiger partial charge on any atom is 0.407 e. The van der Waals surface area contributed by atoms with Crippen molar-refractivity contribution in [3.63, 3.8) is 0 Å². The number of hydrogen-bond donors (Lipinski definition) is 2. The maximum atomic E-state index is 12.3. The molecule has 0 saturated carbocycles. The lowest BCUT2D eigenvalue weighted by Gasteiger charge is -2.17. The van der Waals surface area contributed by atoms with Crippen LogP contribution in [0.4, 0.5) is 10.5 Å². The fourth-order valence-electron chi connectivity index (χ4n) is 3.65. The summed E-state index contributed by atoms with van der Waals surface area (Å²) in [7, 11) is 0. The third-order valence-electron chi connectivity index (χ3n) is 5.11. The molecule has 3 aromatic carbocycles. The number of para-hydroxylation sites is 1. The van der Waals surface area contributed by atoms with Gasteiger partial charge in [-0.3, -0.25) is 4.79 Å². The highest BCUT2D eigenvalue weighted by Crippen LogP contribution is 2.44. The first-order valence-electron chi connectivity index (χ1n) is 9.61. The summed E-state index contributed by atoms with van der Waals surface area (Å²) in [6, 6.07) is 24.7. The molecule has 2 amide bonds. The molecule has 5 nitrogen and oxygen atoms in total. The van der Waals surface area contributed by atoms with Crippen LogP contribution in [0.2, 0.25) is 0 Å². The van der Waals surface area contributed by atoms with Gasteiger partial charge in [0, 0.05) is 11.6 Å². The predicted octanol–water partition coefficient (Wildman–Crippen LogP) is 4.55. The minimum Gasteiger partial charge on any atom is -0.449 e. The van der Waals surface area contributed by atoms with E-state index in [1.807, 2.05) is 42.5 Å². The van der Waals surface area contributed by atoms with Gasteiger partial charge in [0.15, 0.2) is 0 Å². The largest absolute Gasteiger partial charge is 0.449 e. The number of alkyl carbamates (subject to hydrolysis) is 1. The summed E-state index contributed by atoms with van der Waals surface area (Å²) in [6.45, 7) is 1.84. The van der Waals surface area contributed by atoms with Gasteiger partial charge in [-0.05, 0) is 41.3 Å². The third-order valence-corrected chi connectivity index (χ3v) is 5.11. The lowest BCUT2D eigenvalue weighted by atomic mass is 9.98. The van der Waals surface area contributed by atoms with Crippen LogP contribution in [0, 0.1) is 0 Å². The summed E-state index contributed by atoms with van der Waals surface area (Å²) in [5.41, 5.74) is 5.33. The zero-order chi connectivity index (χ0) is 20.2. The van der Waals surface area contributed by atoms with Crippen LogP contribution in [0.25, 0.3) is 11.1 Å². The van der Waals surface area contributed by atoms with Gasteiger partial charge in [0.2, 0.25) is 5.91 Å². The number of carbonyl (C=O) groups is 2. The Kier molecular flexibility index (Phi) is 5.29. The summed E-state index contributed by atoms with van der Waals surface area (Å²) >= 11 is 0. The molecule has 2 N–H and O–H groups in total. The van der Waals surface area contributed by atoms with Crippen molar-refractivity contribution >= 4 is 17.7 Å². The predicted molar refractivity (Wildman–Crippen MR) is 113 cm³/mol. The quantitative estimate of drug-likeness (QED) is 0.676. The highest BCUT2D eigenvalue weighted by atomic mass is 16.5. The smallest absolute Gasteiger partial charge is 0.407 e. The summed E-state index contributed by atoms with van der Waals surface area (Å²) in [6.07, 6.45) is -0.609.